The van der Waals surface area contributed by atoms with Gasteiger partial charge in [-0.05, 0) is 66.9 Å². The number of hydrogen-bond acceptors (Lipinski definition) is 4. The van der Waals surface area contributed by atoms with Crippen LogP contribution < -0.4 is 15.0 Å². The van der Waals surface area contributed by atoms with E-state index in [1.54, 1.807) is 67.8 Å². The fraction of sp³-hybridized carbons (Fsp3) is 0.280. The van der Waals surface area contributed by atoms with Crippen molar-refractivity contribution in [1.29, 1.82) is 0 Å². The number of halogens is 1. The van der Waals surface area contributed by atoms with Crippen LogP contribution in [0.1, 0.15) is 47.8 Å². The van der Waals surface area contributed by atoms with Gasteiger partial charge in [0.25, 0.3) is 5.91 Å². The molecule has 2 aromatic carbocycles. The molecule has 1 aromatic heterocycles. The molecule has 0 radical (unpaired) electrons. The number of nitrogens with zero attached hydrogens (tertiary/aromatic N) is 1. The summed E-state index contributed by atoms with van der Waals surface area (Å²) in [6, 6.07) is 16.4. The van der Waals surface area contributed by atoms with E-state index in [1.807, 2.05) is 0 Å². The van der Waals surface area contributed by atoms with Gasteiger partial charge in [0.2, 0.25) is 5.91 Å². The first kappa shape index (κ1) is 22.0. The first-order valence-corrected chi connectivity index (χ1v) is 11.0. The second-order valence-corrected chi connectivity index (χ2v) is 8.23. The Balaban J connectivity index is 1.79. The van der Waals surface area contributed by atoms with Crippen molar-refractivity contribution in [3.63, 3.8) is 0 Å². The van der Waals surface area contributed by atoms with Crippen molar-refractivity contribution in [2.75, 3.05) is 12.0 Å². The number of amides is 2. The number of nitrogens with one attached hydrogen (secondary N) is 1. The van der Waals surface area contributed by atoms with Crippen LogP contribution in [0.3, 0.4) is 0 Å². The molecule has 2 amide bonds. The van der Waals surface area contributed by atoms with Crippen LogP contribution >= 0.6 is 11.6 Å². The molecule has 6 nitrogen and oxygen atoms in total. The van der Waals surface area contributed by atoms with Gasteiger partial charge in [0, 0.05) is 16.8 Å². The highest BCUT2D eigenvalue weighted by atomic mass is 35.5. The highest BCUT2D eigenvalue weighted by Gasteiger charge is 2.35. The maximum Gasteiger partial charge on any atom is 0.294 e. The number of ether oxygens (including phenoxy) is 1. The molecular formula is C25H25ClN2O4. The van der Waals surface area contributed by atoms with Gasteiger partial charge in [0.05, 0.1) is 13.4 Å². The Bertz CT molecular complexity index is 1040. The van der Waals surface area contributed by atoms with Gasteiger partial charge in [-0.3, -0.25) is 14.5 Å². The minimum atomic E-state index is -0.903. The summed E-state index contributed by atoms with van der Waals surface area (Å²) in [6.45, 7) is 0. The number of furan rings is 1. The number of benzene rings is 2. The fourth-order valence-electron chi connectivity index (χ4n) is 4.06. The van der Waals surface area contributed by atoms with Crippen LogP contribution in [0.25, 0.3) is 0 Å². The summed E-state index contributed by atoms with van der Waals surface area (Å²) >= 11 is 6.09. The largest absolute Gasteiger partial charge is 0.497 e. The minimum Gasteiger partial charge on any atom is -0.497 e. The lowest BCUT2D eigenvalue weighted by Gasteiger charge is -2.32. The smallest absolute Gasteiger partial charge is 0.294 e. The van der Waals surface area contributed by atoms with E-state index in [9.17, 15) is 9.59 Å². The van der Waals surface area contributed by atoms with E-state index in [0.717, 1.165) is 25.7 Å². The van der Waals surface area contributed by atoms with Crippen molar-refractivity contribution < 1.29 is 18.7 Å². The summed E-state index contributed by atoms with van der Waals surface area (Å²) in [5.41, 5.74) is 1.20. The molecule has 166 valence electrons. The number of methoxy groups -OCH3 is 1. The van der Waals surface area contributed by atoms with E-state index >= 15 is 0 Å². The molecule has 32 heavy (non-hydrogen) atoms. The second-order valence-electron chi connectivity index (χ2n) is 7.79. The normalized spacial score (nSPS) is 14.7. The summed E-state index contributed by atoms with van der Waals surface area (Å²) in [6.07, 6.45) is 5.49. The second kappa shape index (κ2) is 9.92. The number of anilines is 1. The zero-order chi connectivity index (χ0) is 22.5. The zero-order valence-corrected chi connectivity index (χ0v) is 18.5. The maximum atomic E-state index is 13.6. The van der Waals surface area contributed by atoms with Gasteiger partial charge in [-0.25, -0.2) is 0 Å². The molecule has 0 aliphatic heterocycles. The Labute approximate surface area is 192 Å². The monoisotopic (exact) mass is 452 g/mol. The molecule has 1 N–H and O–H groups in total. The third kappa shape index (κ3) is 4.81. The van der Waals surface area contributed by atoms with Crippen molar-refractivity contribution in [3.05, 3.63) is 83.3 Å². The van der Waals surface area contributed by atoms with Crippen LogP contribution in [-0.2, 0) is 4.79 Å². The average Bonchev–Trinajstić information content (AvgIpc) is 3.52. The van der Waals surface area contributed by atoms with Gasteiger partial charge < -0.3 is 14.5 Å². The Morgan fingerprint density at radius 2 is 1.75 bits per heavy atom. The topological polar surface area (TPSA) is 71.8 Å². The summed E-state index contributed by atoms with van der Waals surface area (Å²) in [4.78, 5) is 28.6. The van der Waals surface area contributed by atoms with Crippen molar-refractivity contribution in [3.8, 4) is 5.75 Å². The lowest BCUT2D eigenvalue weighted by atomic mass is 10.0. The van der Waals surface area contributed by atoms with Crippen LogP contribution in [0.5, 0.6) is 5.75 Å². The summed E-state index contributed by atoms with van der Waals surface area (Å²) in [5, 5.41) is 3.68. The van der Waals surface area contributed by atoms with Crippen LogP contribution in [-0.4, -0.2) is 25.0 Å². The molecule has 0 bridgehead atoms. The Morgan fingerprint density at radius 1 is 1.06 bits per heavy atom. The number of carbonyl (C=O) groups excluding carboxylic acids is 2. The maximum absolute atomic E-state index is 13.6. The molecule has 0 saturated heterocycles. The molecule has 0 spiro atoms. The quantitative estimate of drug-likeness (QED) is 0.521. The van der Waals surface area contributed by atoms with Crippen LogP contribution in [0.2, 0.25) is 5.02 Å². The Morgan fingerprint density at radius 3 is 2.34 bits per heavy atom. The van der Waals surface area contributed by atoms with E-state index in [0.29, 0.717) is 22.0 Å². The fourth-order valence-corrected chi connectivity index (χ4v) is 4.18. The molecule has 1 heterocycles. The minimum absolute atomic E-state index is 0.106. The number of carbonyl (C=O) groups is 2. The highest BCUT2D eigenvalue weighted by molar-refractivity contribution is 6.30. The van der Waals surface area contributed by atoms with E-state index in [1.165, 1.54) is 11.2 Å². The molecule has 4 rings (SSSR count). The van der Waals surface area contributed by atoms with Crippen molar-refractivity contribution in [2.45, 2.75) is 37.8 Å². The van der Waals surface area contributed by atoms with Crippen molar-refractivity contribution in [2.24, 2.45) is 0 Å². The van der Waals surface area contributed by atoms with Crippen LogP contribution in [0, 0.1) is 0 Å². The molecule has 1 aliphatic rings. The average molecular weight is 453 g/mol. The molecule has 3 aromatic rings. The van der Waals surface area contributed by atoms with Gasteiger partial charge in [-0.1, -0.05) is 36.6 Å². The van der Waals surface area contributed by atoms with E-state index < -0.39 is 11.9 Å². The first-order valence-electron chi connectivity index (χ1n) is 10.6. The molecule has 1 aliphatic carbocycles. The van der Waals surface area contributed by atoms with Crippen LogP contribution in [0.4, 0.5) is 5.69 Å². The van der Waals surface area contributed by atoms with E-state index in [2.05, 4.69) is 5.32 Å². The summed E-state index contributed by atoms with van der Waals surface area (Å²) < 4.78 is 10.7. The zero-order valence-electron chi connectivity index (χ0n) is 17.8. The molecular weight excluding hydrogens is 428 g/mol. The number of rotatable bonds is 7. The van der Waals surface area contributed by atoms with Crippen molar-refractivity contribution >= 4 is 29.1 Å². The predicted molar refractivity (Wildman–Crippen MR) is 123 cm³/mol. The van der Waals surface area contributed by atoms with Gasteiger partial charge in [0.15, 0.2) is 5.76 Å². The summed E-state index contributed by atoms with van der Waals surface area (Å²) in [5.74, 6) is 0.155. The molecule has 1 unspecified atom stereocenters. The molecule has 1 fully saturated rings. The Hall–Kier alpha value is -3.25. The molecule has 7 heteroatoms. The first-order chi connectivity index (χ1) is 15.6. The van der Waals surface area contributed by atoms with Gasteiger partial charge >= 0.3 is 0 Å². The van der Waals surface area contributed by atoms with E-state index in [-0.39, 0.29) is 17.7 Å². The third-order valence-electron chi connectivity index (χ3n) is 5.70. The number of hydrogen-bond donors (Lipinski definition) is 1. The molecule has 1 saturated carbocycles. The standard InChI is InChI=1S/C25H25ClN2O4/c1-31-21-14-8-17(9-15-21)23(24(29)27-19-5-2-3-6-19)28(20-12-10-18(26)11-13-20)25(30)22-7-4-16-32-22/h4,7-16,19,23H,2-3,5-6H2,1H3,(H,27,29). The SMILES string of the molecule is COc1ccc(C(C(=O)NC2CCCC2)N(C(=O)c2ccco2)c2ccc(Cl)cc2)cc1. The third-order valence-corrected chi connectivity index (χ3v) is 5.95. The van der Waals surface area contributed by atoms with Crippen molar-refractivity contribution in [1.82, 2.24) is 5.32 Å². The van der Waals surface area contributed by atoms with Gasteiger partial charge in [0.1, 0.15) is 11.8 Å². The van der Waals surface area contributed by atoms with Crippen LogP contribution in [0.15, 0.2) is 71.3 Å². The Kier molecular flexibility index (Phi) is 6.81. The van der Waals surface area contributed by atoms with E-state index in [4.69, 9.17) is 20.8 Å². The van der Waals surface area contributed by atoms with Gasteiger partial charge in [-0.15, -0.1) is 0 Å². The van der Waals surface area contributed by atoms with Gasteiger partial charge in [-0.2, -0.15) is 0 Å². The highest BCUT2D eigenvalue weighted by Crippen LogP contribution is 2.32. The molecule has 1 atom stereocenters. The lowest BCUT2D eigenvalue weighted by molar-refractivity contribution is -0.123. The lowest BCUT2D eigenvalue weighted by Crippen LogP contribution is -2.46. The summed E-state index contributed by atoms with van der Waals surface area (Å²) in [7, 11) is 1.58. The predicted octanol–water partition coefficient (Wildman–Crippen LogP) is 5.39.